The van der Waals surface area contributed by atoms with Crippen molar-refractivity contribution < 1.29 is 24.5 Å². The summed E-state index contributed by atoms with van der Waals surface area (Å²) in [6, 6.07) is 0. The number of rotatable bonds is 15. The first kappa shape index (κ1) is 31.1. The fourth-order valence-electron chi connectivity index (χ4n) is 4.37. The molecule has 34 heavy (non-hydrogen) atoms. The van der Waals surface area contributed by atoms with Crippen LogP contribution in [0.3, 0.4) is 0 Å². The minimum absolute atomic E-state index is 0.0369. The van der Waals surface area contributed by atoms with Crippen molar-refractivity contribution in [1.82, 2.24) is 0 Å². The number of carbonyl (C=O) groups is 1. The van der Waals surface area contributed by atoms with Crippen LogP contribution in [-0.2, 0) is 9.22 Å². The number of carboxylic acid groups (broad SMARTS) is 1. The fourth-order valence-corrected chi connectivity index (χ4v) is 5.73. The molecule has 5 nitrogen and oxygen atoms in total. The summed E-state index contributed by atoms with van der Waals surface area (Å²) in [6.45, 7) is 15.6. The number of hydrogen-bond acceptors (Lipinski definition) is 4. The van der Waals surface area contributed by atoms with Crippen LogP contribution < -0.4 is 0 Å². The van der Waals surface area contributed by atoms with Crippen LogP contribution in [0, 0.1) is 17.8 Å². The van der Waals surface area contributed by atoms with Gasteiger partial charge >= 0.3 is 5.97 Å². The summed E-state index contributed by atoms with van der Waals surface area (Å²) in [6.07, 6.45) is 14.1. The van der Waals surface area contributed by atoms with Gasteiger partial charge in [-0.15, -0.1) is 0 Å². The van der Waals surface area contributed by atoms with E-state index >= 15 is 0 Å². The van der Waals surface area contributed by atoms with Crippen molar-refractivity contribution in [2.45, 2.75) is 129 Å². The second kappa shape index (κ2) is 14.6. The average Bonchev–Trinajstić information content (AvgIpc) is 2.98. The van der Waals surface area contributed by atoms with Crippen LogP contribution in [0.1, 0.15) is 92.4 Å². The minimum atomic E-state index is -2.00. The molecule has 0 aromatic heterocycles. The van der Waals surface area contributed by atoms with Gasteiger partial charge in [0.2, 0.25) is 0 Å². The Hall–Kier alpha value is -0.953. The van der Waals surface area contributed by atoms with Gasteiger partial charge in [-0.05, 0) is 62.1 Å². The second-order valence-corrected chi connectivity index (χ2v) is 16.8. The molecule has 5 atom stereocenters. The van der Waals surface area contributed by atoms with Crippen molar-refractivity contribution in [2.24, 2.45) is 17.8 Å². The Morgan fingerprint density at radius 1 is 1.12 bits per heavy atom. The highest BCUT2D eigenvalue weighted by Crippen LogP contribution is 2.44. The minimum Gasteiger partial charge on any atom is -0.481 e. The van der Waals surface area contributed by atoms with E-state index in [2.05, 4.69) is 59.9 Å². The molecule has 3 N–H and O–H groups in total. The molecule has 0 bridgehead atoms. The van der Waals surface area contributed by atoms with Crippen molar-refractivity contribution in [3.05, 3.63) is 24.3 Å². The lowest BCUT2D eigenvalue weighted by Crippen LogP contribution is -2.45. The molecule has 1 saturated carbocycles. The number of aliphatic carboxylic acids is 1. The first-order valence-corrected chi connectivity index (χ1v) is 16.2. The molecule has 1 aliphatic carbocycles. The third-order valence-electron chi connectivity index (χ3n) is 7.57. The first-order valence-electron chi connectivity index (χ1n) is 13.3. The van der Waals surface area contributed by atoms with Crippen LogP contribution in [-0.4, -0.2) is 47.9 Å². The van der Waals surface area contributed by atoms with Gasteiger partial charge < -0.3 is 19.7 Å². The summed E-state index contributed by atoms with van der Waals surface area (Å²) in [4.78, 5) is 10.7. The van der Waals surface area contributed by atoms with E-state index in [1.54, 1.807) is 0 Å². The molecule has 0 aliphatic heterocycles. The Balaban J connectivity index is 2.86. The Bertz CT molecular complexity index is 650. The summed E-state index contributed by atoms with van der Waals surface area (Å²) in [5.41, 5.74) is 0. The molecule has 1 unspecified atom stereocenters. The predicted octanol–water partition coefficient (Wildman–Crippen LogP) is 6.71. The molecule has 198 valence electrons. The lowest BCUT2D eigenvalue weighted by molar-refractivity contribution is -0.137. The maximum absolute atomic E-state index is 10.9. The van der Waals surface area contributed by atoms with Crippen LogP contribution in [0.5, 0.6) is 0 Å². The summed E-state index contributed by atoms with van der Waals surface area (Å²) < 4.78 is 6.76. The Labute approximate surface area is 209 Å². The van der Waals surface area contributed by atoms with Gasteiger partial charge in [0.15, 0.2) is 8.32 Å². The molecule has 0 amide bonds. The summed E-state index contributed by atoms with van der Waals surface area (Å²) in [7, 11) is -2.00. The maximum Gasteiger partial charge on any atom is 0.303 e. The Morgan fingerprint density at radius 3 is 2.35 bits per heavy atom. The standard InChI is InChI=1S/C28H52O5Si/c1-21(2)14-12-13-15-22(29)18-19-24-23(16-10-8-9-11-17-27(31)32)25(30)20-26(24)33-34(6,7)28(3,4)5/h8,10,18-19,21-26,29-30H,9,11-17,20H2,1-7H3,(H,31,32)/b10-8-,19-18+/t22-,23+,24+,25-,26?/m0/s1. The second-order valence-electron chi connectivity index (χ2n) is 12.1. The normalized spacial score (nSPS) is 25.1. The van der Waals surface area contributed by atoms with Crippen molar-refractivity contribution >= 4 is 14.3 Å². The van der Waals surface area contributed by atoms with Gasteiger partial charge in [-0.3, -0.25) is 4.79 Å². The zero-order chi connectivity index (χ0) is 25.9. The molecule has 1 rings (SSSR count). The average molecular weight is 497 g/mol. The van der Waals surface area contributed by atoms with Crippen molar-refractivity contribution in [2.75, 3.05) is 0 Å². The fraction of sp³-hybridized carbons (Fsp3) is 0.821. The van der Waals surface area contributed by atoms with E-state index in [0.717, 1.165) is 32.1 Å². The molecule has 0 heterocycles. The molecule has 1 fully saturated rings. The van der Waals surface area contributed by atoms with E-state index < -0.39 is 26.5 Å². The highest BCUT2D eigenvalue weighted by Gasteiger charge is 2.46. The third-order valence-corrected chi connectivity index (χ3v) is 12.1. The van der Waals surface area contributed by atoms with Crippen molar-refractivity contribution in [3.8, 4) is 0 Å². The zero-order valence-electron chi connectivity index (χ0n) is 22.8. The smallest absolute Gasteiger partial charge is 0.303 e. The molecular formula is C28H52O5Si. The number of aliphatic hydroxyl groups is 2. The van der Waals surface area contributed by atoms with E-state index in [1.807, 2.05) is 12.2 Å². The number of allylic oxidation sites excluding steroid dienone is 2. The van der Waals surface area contributed by atoms with Gasteiger partial charge in [-0.1, -0.05) is 78.2 Å². The lowest BCUT2D eigenvalue weighted by atomic mass is 9.89. The maximum atomic E-state index is 10.9. The highest BCUT2D eigenvalue weighted by molar-refractivity contribution is 6.74. The van der Waals surface area contributed by atoms with E-state index in [0.29, 0.717) is 18.8 Å². The van der Waals surface area contributed by atoms with Crippen LogP contribution in [0.2, 0.25) is 18.1 Å². The Morgan fingerprint density at radius 2 is 1.76 bits per heavy atom. The third kappa shape index (κ3) is 11.2. The van der Waals surface area contributed by atoms with Gasteiger partial charge in [-0.2, -0.15) is 0 Å². The summed E-state index contributed by atoms with van der Waals surface area (Å²) >= 11 is 0. The largest absolute Gasteiger partial charge is 0.481 e. The van der Waals surface area contributed by atoms with E-state index in [-0.39, 0.29) is 29.4 Å². The van der Waals surface area contributed by atoms with Crippen molar-refractivity contribution in [3.63, 3.8) is 0 Å². The quantitative estimate of drug-likeness (QED) is 0.133. The first-order chi connectivity index (χ1) is 15.7. The molecule has 0 aromatic rings. The molecule has 6 heteroatoms. The highest BCUT2D eigenvalue weighted by atomic mass is 28.4. The van der Waals surface area contributed by atoms with Gasteiger partial charge in [0.05, 0.1) is 18.3 Å². The number of hydrogen-bond donors (Lipinski definition) is 3. The number of aliphatic hydroxyl groups excluding tert-OH is 2. The van der Waals surface area contributed by atoms with Crippen LogP contribution in [0.15, 0.2) is 24.3 Å². The monoisotopic (exact) mass is 496 g/mol. The van der Waals surface area contributed by atoms with Crippen LogP contribution >= 0.6 is 0 Å². The molecule has 0 aromatic carbocycles. The predicted molar refractivity (Wildman–Crippen MR) is 143 cm³/mol. The summed E-state index contributed by atoms with van der Waals surface area (Å²) in [5.74, 6) is 0.0186. The zero-order valence-corrected chi connectivity index (χ0v) is 23.8. The molecule has 0 saturated heterocycles. The lowest BCUT2D eigenvalue weighted by Gasteiger charge is -2.40. The molecular weight excluding hydrogens is 444 g/mol. The van der Waals surface area contributed by atoms with Gasteiger partial charge in [0.1, 0.15) is 0 Å². The van der Waals surface area contributed by atoms with Gasteiger partial charge in [0, 0.05) is 12.3 Å². The van der Waals surface area contributed by atoms with Crippen LogP contribution in [0.25, 0.3) is 0 Å². The number of carboxylic acids is 1. The Kier molecular flexibility index (Phi) is 13.3. The SMILES string of the molecule is CC(C)CCCC[C@H](O)/C=C/[C@H]1C(O[Si](C)(C)C(C)(C)C)C[C@H](O)[C@@H]1C/C=C\CCCC(=O)O. The summed E-state index contributed by atoms with van der Waals surface area (Å²) in [5, 5.41) is 30.4. The topological polar surface area (TPSA) is 87.0 Å². The van der Waals surface area contributed by atoms with Gasteiger partial charge in [-0.25, -0.2) is 0 Å². The van der Waals surface area contributed by atoms with E-state index in [4.69, 9.17) is 9.53 Å². The van der Waals surface area contributed by atoms with Crippen LogP contribution in [0.4, 0.5) is 0 Å². The molecule has 0 spiro atoms. The molecule has 0 radical (unpaired) electrons. The van der Waals surface area contributed by atoms with Crippen molar-refractivity contribution in [1.29, 1.82) is 0 Å². The van der Waals surface area contributed by atoms with E-state index in [9.17, 15) is 15.0 Å². The van der Waals surface area contributed by atoms with Gasteiger partial charge in [0.25, 0.3) is 0 Å². The van der Waals surface area contributed by atoms with E-state index in [1.165, 1.54) is 6.42 Å². The number of unbranched alkanes of at least 4 members (excludes halogenated alkanes) is 2. The molecule has 1 aliphatic rings.